The van der Waals surface area contributed by atoms with Crippen LogP contribution in [0.25, 0.3) is 0 Å². The summed E-state index contributed by atoms with van der Waals surface area (Å²) in [6.45, 7) is -0.0275. The van der Waals surface area contributed by atoms with E-state index in [-0.39, 0.29) is 30.6 Å². The third kappa shape index (κ3) is 5.73. The van der Waals surface area contributed by atoms with Crippen molar-refractivity contribution in [1.29, 1.82) is 0 Å². The van der Waals surface area contributed by atoms with Crippen molar-refractivity contribution >= 4 is 17.5 Å². The van der Waals surface area contributed by atoms with Gasteiger partial charge in [-0.05, 0) is 36.8 Å². The highest BCUT2D eigenvalue weighted by molar-refractivity contribution is 5.94. The van der Waals surface area contributed by atoms with Crippen molar-refractivity contribution in [3.63, 3.8) is 0 Å². The summed E-state index contributed by atoms with van der Waals surface area (Å²) in [5.41, 5.74) is -2.09. The normalized spacial score (nSPS) is 11.2. The van der Waals surface area contributed by atoms with Crippen molar-refractivity contribution < 1.29 is 35.9 Å². The lowest BCUT2D eigenvalue weighted by molar-refractivity contribution is -0.140. The molecule has 10 heteroatoms. The molecule has 0 atom stereocenters. The summed E-state index contributed by atoms with van der Waals surface area (Å²) >= 11 is 0. The largest absolute Gasteiger partial charge is 0.419 e. The Morgan fingerprint density at radius 2 is 1.64 bits per heavy atom. The Hall–Kier alpha value is -3.04. The Bertz CT molecular complexity index is 883. The number of nitrogens with one attached hydrogen (secondary N) is 2. The Kier molecular flexibility index (Phi) is 6.66. The highest BCUT2D eigenvalue weighted by atomic mass is 19.4. The van der Waals surface area contributed by atoms with Gasteiger partial charge in [0.15, 0.2) is 0 Å². The van der Waals surface area contributed by atoms with Gasteiger partial charge in [-0.25, -0.2) is 13.2 Å². The molecule has 2 aromatic rings. The molecular formula is C18H14F6N2O2. The zero-order chi connectivity index (χ0) is 20.9. The summed E-state index contributed by atoms with van der Waals surface area (Å²) in [4.78, 5) is 23.5. The molecule has 4 nitrogen and oxygen atoms in total. The zero-order valence-corrected chi connectivity index (χ0v) is 14.2. The number of hydrogen-bond acceptors (Lipinski definition) is 2. The number of carbonyl (C=O) groups is 2. The molecule has 0 aliphatic heterocycles. The van der Waals surface area contributed by atoms with E-state index >= 15 is 0 Å². The van der Waals surface area contributed by atoms with Gasteiger partial charge < -0.3 is 10.6 Å². The first-order valence-corrected chi connectivity index (χ1v) is 7.98. The van der Waals surface area contributed by atoms with E-state index in [1.54, 1.807) is 0 Å². The third-order valence-corrected chi connectivity index (χ3v) is 3.60. The molecule has 0 aromatic heterocycles. The fourth-order valence-corrected chi connectivity index (χ4v) is 2.26. The molecule has 150 valence electrons. The molecular weight excluding hydrogens is 390 g/mol. The van der Waals surface area contributed by atoms with Gasteiger partial charge in [-0.2, -0.15) is 13.2 Å². The smallest absolute Gasteiger partial charge is 0.352 e. The summed E-state index contributed by atoms with van der Waals surface area (Å²) in [5, 5.41) is 4.53. The Morgan fingerprint density at radius 1 is 0.929 bits per heavy atom. The first kappa shape index (κ1) is 21.3. The molecule has 0 radical (unpaired) electrons. The van der Waals surface area contributed by atoms with Crippen LogP contribution in [0.4, 0.5) is 32.0 Å². The SMILES string of the molecule is O=C(CCCNC(=O)c1ccc(F)cc1F)Nc1ccc(F)c(C(F)(F)F)c1. The van der Waals surface area contributed by atoms with E-state index in [1.807, 2.05) is 0 Å². The number of carbonyl (C=O) groups excluding carboxylic acids is 2. The van der Waals surface area contributed by atoms with Crippen LogP contribution in [0.1, 0.15) is 28.8 Å². The maximum absolute atomic E-state index is 13.5. The summed E-state index contributed by atoms with van der Waals surface area (Å²) in [6.07, 6.45) is -4.96. The molecule has 0 aliphatic carbocycles. The number of amides is 2. The summed E-state index contributed by atoms with van der Waals surface area (Å²) in [6, 6.07) is 4.51. The molecule has 0 spiro atoms. The molecule has 2 amide bonds. The van der Waals surface area contributed by atoms with E-state index in [2.05, 4.69) is 10.6 Å². The molecule has 0 unspecified atom stereocenters. The fraction of sp³-hybridized carbons (Fsp3) is 0.222. The minimum atomic E-state index is -4.90. The van der Waals surface area contributed by atoms with E-state index < -0.39 is 41.0 Å². The van der Waals surface area contributed by atoms with Crippen molar-refractivity contribution in [2.75, 3.05) is 11.9 Å². The summed E-state index contributed by atoms with van der Waals surface area (Å²) in [7, 11) is 0. The second kappa shape index (κ2) is 8.77. The molecule has 0 bridgehead atoms. The lowest BCUT2D eigenvalue weighted by atomic mass is 10.1. The lowest BCUT2D eigenvalue weighted by Crippen LogP contribution is -2.26. The zero-order valence-electron chi connectivity index (χ0n) is 14.2. The number of alkyl halides is 3. The predicted molar refractivity (Wildman–Crippen MR) is 88.0 cm³/mol. The highest BCUT2D eigenvalue weighted by Crippen LogP contribution is 2.33. The van der Waals surface area contributed by atoms with E-state index in [0.29, 0.717) is 18.2 Å². The van der Waals surface area contributed by atoms with E-state index in [9.17, 15) is 35.9 Å². The van der Waals surface area contributed by atoms with Gasteiger partial charge in [-0.1, -0.05) is 0 Å². The van der Waals surface area contributed by atoms with Crippen molar-refractivity contribution in [3.05, 3.63) is 65.0 Å². The first-order valence-electron chi connectivity index (χ1n) is 7.98. The Labute approximate surface area is 155 Å². The second-order valence-electron chi connectivity index (χ2n) is 5.72. The Balaban J connectivity index is 1.82. The van der Waals surface area contributed by atoms with Crippen LogP contribution in [0.2, 0.25) is 0 Å². The van der Waals surface area contributed by atoms with Crippen molar-refractivity contribution in [1.82, 2.24) is 5.32 Å². The van der Waals surface area contributed by atoms with Crippen LogP contribution >= 0.6 is 0 Å². The van der Waals surface area contributed by atoms with Crippen LogP contribution in [0, 0.1) is 17.5 Å². The number of benzene rings is 2. The van der Waals surface area contributed by atoms with Gasteiger partial charge in [0.05, 0.1) is 11.1 Å². The lowest BCUT2D eigenvalue weighted by Gasteiger charge is -2.11. The molecule has 0 saturated carbocycles. The minimum Gasteiger partial charge on any atom is -0.352 e. The van der Waals surface area contributed by atoms with Gasteiger partial charge in [0.1, 0.15) is 17.5 Å². The molecule has 28 heavy (non-hydrogen) atoms. The topological polar surface area (TPSA) is 58.2 Å². The van der Waals surface area contributed by atoms with E-state index in [4.69, 9.17) is 0 Å². The van der Waals surface area contributed by atoms with Gasteiger partial charge >= 0.3 is 6.18 Å². The van der Waals surface area contributed by atoms with Crippen molar-refractivity contribution in [2.24, 2.45) is 0 Å². The predicted octanol–water partition coefficient (Wildman–Crippen LogP) is 4.27. The van der Waals surface area contributed by atoms with Gasteiger partial charge in [0, 0.05) is 24.7 Å². The first-order chi connectivity index (χ1) is 13.1. The van der Waals surface area contributed by atoms with Gasteiger partial charge in [0.2, 0.25) is 5.91 Å². The van der Waals surface area contributed by atoms with Gasteiger partial charge in [-0.3, -0.25) is 9.59 Å². The third-order valence-electron chi connectivity index (χ3n) is 3.60. The molecule has 2 rings (SSSR count). The fourth-order valence-electron chi connectivity index (χ4n) is 2.26. The van der Waals surface area contributed by atoms with Crippen LogP contribution in [-0.2, 0) is 11.0 Å². The number of halogens is 6. The number of hydrogen-bond donors (Lipinski definition) is 2. The molecule has 2 N–H and O–H groups in total. The molecule has 2 aromatic carbocycles. The average molecular weight is 404 g/mol. The van der Waals surface area contributed by atoms with Crippen LogP contribution in [0.5, 0.6) is 0 Å². The van der Waals surface area contributed by atoms with E-state index in [1.165, 1.54) is 0 Å². The maximum atomic E-state index is 13.5. The summed E-state index contributed by atoms with van der Waals surface area (Å²) in [5.74, 6) is -4.78. The minimum absolute atomic E-state index is 0.0275. The van der Waals surface area contributed by atoms with Crippen molar-refractivity contribution in [3.8, 4) is 0 Å². The molecule has 0 heterocycles. The van der Waals surface area contributed by atoms with E-state index in [0.717, 1.165) is 18.2 Å². The average Bonchev–Trinajstić information content (AvgIpc) is 2.59. The van der Waals surface area contributed by atoms with Crippen LogP contribution < -0.4 is 10.6 Å². The van der Waals surface area contributed by atoms with Gasteiger partial charge in [-0.15, -0.1) is 0 Å². The van der Waals surface area contributed by atoms with Crippen molar-refractivity contribution in [2.45, 2.75) is 19.0 Å². The van der Waals surface area contributed by atoms with Crippen LogP contribution in [0.3, 0.4) is 0 Å². The standard InChI is InChI=1S/C18H14F6N2O2/c19-10-3-5-12(15(21)8-10)17(28)25-7-1-2-16(27)26-11-4-6-14(20)13(9-11)18(22,23)24/h3-6,8-9H,1-2,7H2,(H,25,28)(H,26,27). The van der Waals surface area contributed by atoms with Crippen LogP contribution in [0.15, 0.2) is 36.4 Å². The second-order valence-corrected chi connectivity index (χ2v) is 5.72. The Morgan fingerprint density at radius 3 is 2.29 bits per heavy atom. The highest BCUT2D eigenvalue weighted by Gasteiger charge is 2.34. The summed E-state index contributed by atoms with van der Waals surface area (Å²) < 4.78 is 77.4. The number of rotatable bonds is 6. The quantitative estimate of drug-likeness (QED) is 0.558. The van der Waals surface area contributed by atoms with Crippen LogP contribution in [-0.4, -0.2) is 18.4 Å². The van der Waals surface area contributed by atoms with Gasteiger partial charge in [0.25, 0.3) is 5.91 Å². The molecule has 0 saturated heterocycles. The monoisotopic (exact) mass is 404 g/mol. The molecule has 0 fully saturated rings. The molecule has 0 aliphatic rings. The number of anilines is 1. The maximum Gasteiger partial charge on any atom is 0.419 e.